The van der Waals surface area contributed by atoms with Crippen molar-refractivity contribution in [1.29, 1.82) is 0 Å². The standard InChI is InChI=1S/C22H16N4O/c1-3-7-16(8-4-1)11-20-21(27-15-24-20)18-12-23-22-19(13-25-26(22)14-18)17-9-5-2-6-10-17/h1-10,12-15H,11H2. The van der Waals surface area contributed by atoms with Gasteiger partial charge in [0.05, 0.1) is 17.5 Å². The Morgan fingerprint density at radius 2 is 1.59 bits per heavy atom. The smallest absolute Gasteiger partial charge is 0.181 e. The summed E-state index contributed by atoms with van der Waals surface area (Å²) in [5, 5.41) is 4.47. The summed E-state index contributed by atoms with van der Waals surface area (Å²) in [6, 6.07) is 20.4. The number of aromatic nitrogens is 4. The molecule has 5 heteroatoms. The molecule has 27 heavy (non-hydrogen) atoms. The molecule has 0 spiro atoms. The molecular formula is C22H16N4O. The fraction of sp³-hybridized carbons (Fsp3) is 0.0455. The van der Waals surface area contributed by atoms with Gasteiger partial charge in [0.1, 0.15) is 0 Å². The molecule has 0 aliphatic carbocycles. The highest BCUT2D eigenvalue weighted by atomic mass is 16.3. The van der Waals surface area contributed by atoms with Crippen LogP contribution < -0.4 is 0 Å². The van der Waals surface area contributed by atoms with Crippen LogP contribution in [0.15, 0.2) is 90.1 Å². The van der Waals surface area contributed by atoms with Gasteiger partial charge in [-0.15, -0.1) is 0 Å². The first-order valence-electron chi connectivity index (χ1n) is 8.74. The Labute approximate surface area is 156 Å². The van der Waals surface area contributed by atoms with Crippen molar-refractivity contribution < 1.29 is 4.42 Å². The average molecular weight is 352 g/mol. The molecule has 0 amide bonds. The first-order valence-corrected chi connectivity index (χ1v) is 8.74. The number of hydrogen-bond donors (Lipinski definition) is 0. The Morgan fingerprint density at radius 1 is 0.815 bits per heavy atom. The minimum Gasteiger partial charge on any atom is -0.443 e. The molecule has 0 unspecified atom stereocenters. The molecule has 3 heterocycles. The summed E-state index contributed by atoms with van der Waals surface area (Å²) < 4.78 is 7.46. The molecule has 0 atom stereocenters. The summed E-state index contributed by atoms with van der Waals surface area (Å²) in [4.78, 5) is 9.03. The van der Waals surface area contributed by atoms with Crippen molar-refractivity contribution in [2.75, 3.05) is 0 Å². The van der Waals surface area contributed by atoms with Gasteiger partial charge in [-0.1, -0.05) is 60.7 Å². The molecular weight excluding hydrogens is 336 g/mol. The van der Waals surface area contributed by atoms with Gasteiger partial charge in [-0.3, -0.25) is 0 Å². The largest absolute Gasteiger partial charge is 0.443 e. The Balaban J connectivity index is 1.53. The van der Waals surface area contributed by atoms with Crippen molar-refractivity contribution in [1.82, 2.24) is 19.6 Å². The molecule has 0 aliphatic rings. The van der Waals surface area contributed by atoms with Gasteiger partial charge in [0.2, 0.25) is 0 Å². The fourth-order valence-electron chi connectivity index (χ4n) is 3.23. The zero-order chi connectivity index (χ0) is 18.1. The molecule has 130 valence electrons. The van der Waals surface area contributed by atoms with Gasteiger partial charge in [0.15, 0.2) is 17.8 Å². The molecule has 5 nitrogen and oxygen atoms in total. The van der Waals surface area contributed by atoms with E-state index in [-0.39, 0.29) is 0 Å². The first-order chi connectivity index (χ1) is 13.4. The molecule has 0 aliphatic heterocycles. The molecule has 0 fully saturated rings. The summed E-state index contributed by atoms with van der Waals surface area (Å²) in [7, 11) is 0. The van der Waals surface area contributed by atoms with Crippen molar-refractivity contribution in [2.24, 2.45) is 0 Å². The molecule has 5 rings (SSSR count). The molecule has 0 N–H and O–H groups in total. The van der Waals surface area contributed by atoms with Gasteiger partial charge in [0.25, 0.3) is 0 Å². The second-order valence-electron chi connectivity index (χ2n) is 6.33. The van der Waals surface area contributed by atoms with E-state index in [1.807, 2.05) is 55.0 Å². The van der Waals surface area contributed by atoms with E-state index in [1.165, 1.54) is 12.0 Å². The van der Waals surface area contributed by atoms with Crippen molar-refractivity contribution in [3.05, 3.63) is 96.9 Å². The molecule has 0 saturated heterocycles. The maximum atomic E-state index is 5.67. The maximum Gasteiger partial charge on any atom is 0.181 e. The van der Waals surface area contributed by atoms with Crippen LogP contribution in [-0.2, 0) is 6.42 Å². The second kappa shape index (κ2) is 6.53. The predicted molar refractivity (Wildman–Crippen MR) is 103 cm³/mol. The van der Waals surface area contributed by atoms with E-state index in [0.29, 0.717) is 6.42 Å². The van der Waals surface area contributed by atoms with Crippen LogP contribution in [0.1, 0.15) is 11.3 Å². The second-order valence-corrected chi connectivity index (χ2v) is 6.33. The van der Waals surface area contributed by atoms with Crippen LogP contribution >= 0.6 is 0 Å². The van der Waals surface area contributed by atoms with Gasteiger partial charge < -0.3 is 4.42 Å². The van der Waals surface area contributed by atoms with Crippen LogP contribution in [0.5, 0.6) is 0 Å². The maximum absolute atomic E-state index is 5.67. The van der Waals surface area contributed by atoms with Gasteiger partial charge in [-0.2, -0.15) is 5.10 Å². The summed E-state index contributed by atoms with van der Waals surface area (Å²) in [6.45, 7) is 0. The van der Waals surface area contributed by atoms with E-state index < -0.39 is 0 Å². The van der Waals surface area contributed by atoms with E-state index in [9.17, 15) is 0 Å². The highest BCUT2D eigenvalue weighted by molar-refractivity contribution is 5.77. The molecule has 5 aromatic rings. The Bertz CT molecular complexity index is 1190. The molecule has 0 bridgehead atoms. The van der Waals surface area contributed by atoms with E-state index in [1.54, 1.807) is 4.52 Å². The first kappa shape index (κ1) is 15.5. The molecule has 3 aromatic heterocycles. The topological polar surface area (TPSA) is 56.2 Å². The monoisotopic (exact) mass is 352 g/mol. The number of fused-ring (bicyclic) bond motifs is 1. The number of benzene rings is 2. The van der Waals surface area contributed by atoms with Gasteiger partial charge in [0, 0.05) is 24.4 Å². The highest BCUT2D eigenvalue weighted by Gasteiger charge is 2.14. The van der Waals surface area contributed by atoms with Crippen LogP contribution in [0.2, 0.25) is 0 Å². The highest BCUT2D eigenvalue weighted by Crippen LogP contribution is 2.27. The summed E-state index contributed by atoms with van der Waals surface area (Å²) in [6.07, 6.45) is 7.78. The normalized spacial score (nSPS) is 11.1. The van der Waals surface area contributed by atoms with E-state index in [4.69, 9.17) is 4.42 Å². The third-order valence-electron chi connectivity index (χ3n) is 4.56. The predicted octanol–water partition coefficient (Wildman–Crippen LogP) is 4.64. The third kappa shape index (κ3) is 2.89. The Kier molecular flexibility index (Phi) is 3.76. The van der Waals surface area contributed by atoms with Gasteiger partial charge in [-0.05, 0) is 11.1 Å². The van der Waals surface area contributed by atoms with Crippen molar-refractivity contribution in [3.8, 4) is 22.5 Å². The number of rotatable bonds is 4. The van der Waals surface area contributed by atoms with Gasteiger partial charge in [-0.25, -0.2) is 14.5 Å². The SMILES string of the molecule is c1ccc(Cc2ncoc2-c2cnc3c(-c4ccccc4)cnn3c2)cc1. The van der Waals surface area contributed by atoms with Crippen molar-refractivity contribution in [3.63, 3.8) is 0 Å². The third-order valence-corrected chi connectivity index (χ3v) is 4.56. The Hall–Kier alpha value is -3.73. The number of nitrogens with zero attached hydrogens (tertiary/aromatic N) is 4. The fourth-order valence-corrected chi connectivity index (χ4v) is 3.23. The van der Waals surface area contributed by atoms with Crippen LogP contribution in [0.25, 0.3) is 28.1 Å². The quantitative estimate of drug-likeness (QED) is 0.473. The number of hydrogen-bond acceptors (Lipinski definition) is 4. The minimum absolute atomic E-state index is 0.707. The summed E-state index contributed by atoms with van der Waals surface area (Å²) >= 11 is 0. The lowest BCUT2D eigenvalue weighted by Crippen LogP contribution is -1.95. The van der Waals surface area contributed by atoms with Crippen molar-refractivity contribution in [2.45, 2.75) is 6.42 Å². The lowest BCUT2D eigenvalue weighted by Gasteiger charge is -2.03. The average Bonchev–Trinajstić information content (AvgIpc) is 3.36. The van der Waals surface area contributed by atoms with Crippen molar-refractivity contribution >= 4 is 5.65 Å². The lowest BCUT2D eigenvalue weighted by molar-refractivity contribution is 0.570. The van der Waals surface area contributed by atoms with Crippen LogP contribution in [0.4, 0.5) is 0 Å². The van der Waals surface area contributed by atoms with Crippen LogP contribution in [0, 0.1) is 0 Å². The van der Waals surface area contributed by atoms with E-state index in [0.717, 1.165) is 33.8 Å². The summed E-state index contributed by atoms with van der Waals surface area (Å²) in [5.41, 5.74) is 5.84. The van der Waals surface area contributed by atoms with Crippen LogP contribution in [0.3, 0.4) is 0 Å². The number of oxazole rings is 1. The van der Waals surface area contributed by atoms with Gasteiger partial charge >= 0.3 is 0 Å². The molecule has 0 saturated carbocycles. The van der Waals surface area contributed by atoms with Crippen LogP contribution in [-0.4, -0.2) is 19.6 Å². The summed E-state index contributed by atoms with van der Waals surface area (Å²) in [5.74, 6) is 0.727. The lowest BCUT2D eigenvalue weighted by atomic mass is 10.1. The molecule has 2 aromatic carbocycles. The van der Waals surface area contributed by atoms with E-state index in [2.05, 4.69) is 39.3 Å². The zero-order valence-corrected chi connectivity index (χ0v) is 14.5. The molecule has 0 radical (unpaired) electrons. The van der Waals surface area contributed by atoms with E-state index >= 15 is 0 Å². The zero-order valence-electron chi connectivity index (χ0n) is 14.5. The minimum atomic E-state index is 0.707. The Morgan fingerprint density at radius 3 is 2.41 bits per heavy atom.